The van der Waals surface area contributed by atoms with E-state index in [4.69, 9.17) is 0 Å². The molecular formula is C55H47N. The Hall–Kier alpha value is -6.44. The largest absolute Gasteiger partial charge is 0.311 e. The first-order valence-electron chi connectivity index (χ1n) is 19.8. The molecule has 1 heteroatoms. The number of hydrogen-bond donors (Lipinski definition) is 0. The molecule has 0 bridgehead atoms. The summed E-state index contributed by atoms with van der Waals surface area (Å²) in [4.78, 5) is 2.36. The Balaban J connectivity index is 1.09. The number of benzene rings is 8. The highest BCUT2D eigenvalue weighted by atomic mass is 15.1. The smallest absolute Gasteiger partial charge is 0.0462 e. The molecule has 1 nitrogen and oxygen atoms in total. The van der Waals surface area contributed by atoms with Crippen molar-refractivity contribution in [2.24, 2.45) is 0 Å². The van der Waals surface area contributed by atoms with Crippen molar-refractivity contribution in [2.75, 3.05) is 4.90 Å². The second-order valence-corrected chi connectivity index (χ2v) is 16.4. The summed E-state index contributed by atoms with van der Waals surface area (Å²) < 4.78 is 0. The quantitative estimate of drug-likeness (QED) is 0.158. The second kappa shape index (κ2) is 14.3. The average molecular weight is 722 g/mol. The van der Waals surface area contributed by atoms with Crippen LogP contribution in [0.3, 0.4) is 0 Å². The van der Waals surface area contributed by atoms with Crippen molar-refractivity contribution in [2.45, 2.75) is 46.0 Å². The lowest BCUT2D eigenvalue weighted by Gasteiger charge is -2.26. The lowest BCUT2D eigenvalue weighted by atomic mass is 9.84. The van der Waals surface area contributed by atoms with Crippen molar-refractivity contribution in [1.29, 1.82) is 0 Å². The van der Waals surface area contributed by atoms with Crippen LogP contribution in [0.2, 0.25) is 0 Å². The third kappa shape index (κ3) is 6.75. The van der Waals surface area contributed by atoms with Crippen LogP contribution in [-0.4, -0.2) is 0 Å². The van der Waals surface area contributed by atoms with E-state index in [1.54, 1.807) is 0 Å². The van der Waals surface area contributed by atoms with Crippen LogP contribution in [0.25, 0.3) is 44.5 Å². The first-order chi connectivity index (χ1) is 27.2. The van der Waals surface area contributed by atoms with Gasteiger partial charge in [0.05, 0.1) is 0 Å². The molecule has 8 aromatic carbocycles. The number of aryl methyl sites for hydroxylation is 2. The number of hydrogen-bond acceptors (Lipinski definition) is 1. The molecule has 0 fully saturated rings. The van der Waals surface area contributed by atoms with Crippen LogP contribution in [0.1, 0.15) is 60.1 Å². The third-order valence-corrected chi connectivity index (χ3v) is 11.4. The molecule has 0 radical (unpaired) electrons. The molecule has 0 N–H and O–H groups in total. The highest BCUT2D eigenvalue weighted by Gasteiger charge is 2.31. The summed E-state index contributed by atoms with van der Waals surface area (Å²) in [7, 11) is 0. The van der Waals surface area contributed by atoms with Gasteiger partial charge in [-0.25, -0.2) is 0 Å². The van der Waals surface area contributed by atoms with Gasteiger partial charge in [-0.2, -0.15) is 0 Å². The van der Waals surface area contributed by atoms with E-state index in [9.17, 15) is 0 Å². The maximum Gasteiger partial charge on any atom is 0.0462 e. The van der Waals surface area contributed by atoms with E-state index >= 15 is 0 Å². The minimum absolute atomic E-state index is 0.0706. The minimum atomic E-state index is 0.0706. The molecule has 0 amide bonds. The van der Waals surface area contributed by atoms with Gasteiger partial charge in [0.15, 0.2) is 0 Å². The SMILES string of the molecule is Cc1cccc(-c2ccc(N(c3ccc(-c4cccc(C)c4)cc3)c3ccc(-c4ccc5c(c4)-c4cc(C(C)(C)C)ccc4C5c4ccccc4)cc3)cc2)c1. The van der Waals surface area contributed by atoms with Gasteiger partial charge in [-0.15, -0.1) is 0 Å². The Morgan fingerprint density at radius 2 is 0.804 bits per heavy atom. The fraction of sp³-hybridized carbons (Fsp3) is 0.127. The van der Waals surface area contributed by atoms with E-state index in [0.29, 0.717) is 0 Å². The fourth-order valence-electron chi connectivity index (χ4n) is 8.41. The molecule has 8 aromatic rings. The van der Waals surface area contributed by atoms with Crippen LogP contribution < -0.4 is 4.90 Å². The molecule has 1 aliphatic carbocycles. The summed E-state index contributed by atoms with van der Waals surface area (Å²) in [5.74, 6) is 0.231. The summed E-state index contributed by atoms with van der Waals surface area (Å²) in [5.41, 5.74) is 21.5. The van der Waals surface area contributed by atoms with Crippen LogP contribution in [0.4, 0.5) is 17.1 Å². The molecule has 0 saturated carbocycles. The van der Waals surface area contributed by atoms with Gasteiger partial charge in [0.25, 0.3) is 0 Å². The van der Waals surface area contributed by atoms with Crippen molar-refractivity contribution < 1.29 is 0 Å². The van der Waals surface area contributed by atoms with Crippen molar-refractivity contribution in [3.05, 3.63) is 221 Å². The van der Waals surface area contributed by atoms with E-state index in [1.807, 2.05) is 0 Å². The molecule has 0 aliphatic heterocycles. The number of anilines is 3. The molecule has 1 unspecified atom stereocenters. The molecule has 1 atom stereocenters. The molecule has 0 spiro atoms. The van der Waals surface area contributed by atoms with Crippen molar-refractivity contribution in [3.63, 3.8) is 0 Å². The maximum absolute atomic E-state index is 2.44. The van der Waals surface area contributed by atoms with E-state index in [0.717, 1.165) is 17.1 Å². The first-order valence-corrected chi connectivity index (χ1v) is 19.8. The van der Waals surface area contributed by atoms with Gasteiger partial charge >= 0.3 is 0 Å². The van der Waals surface area contributed by atoms with Gasteiger partial charge in [0.1, 0.15) is 0 Å². The van der Waals surface area contributed by atoms with Crippen molar-refractivity contribution in [3.8, 4) is 44.5 Å². The molecule has 272 valence electrons. The lowest BCUT2D eigenvalue weighted by molar-refractivity contribution is 0.590. The highest BCUT2D eigenvalue weighted by molar-refractivity contribution is 5.86. The van der Waals surface area contributed by atoms with Gasteiger partial charge < -0.3 is 4.90 Å². The summed E-state index contributed by atoms with van der Waals surface area (Å²) in [6.45, 7) is 11.2. The zero-order valence-corrected chi connectivity index (χ0v) is 32.9. The predicted octanol–water partition coefficient (Wildman–Crippen LogP) is 15.2. The van der Waals surface area contributed by atoms with E-state index < -0.39 is 0 Å². The topological polar surface area (TPSA) is 3.24 Å². The summed E-state index contributed by atoms with van der Waals surface area (Å²) >= 11 is 0. The molecule has 0 heterocycles. The molecule has 56 heavy (non-hydrogen) atoms. The van der Waals surface area contributed by atoms with E-state index in [-0.39, 0.29) is 11.3 Å². The molecule has 0 saturated heterocycles. The van der Waals surface area contributed by atoms with Crippen LogP contribution >= 0.6 is 0 Å². The van der Waals surface area contributed by atoms with Crippen molar-refractivity contribution >= 4 is 17.1 Å². The maximum atomic E-state index is 2.44. The third-order valence-electron chi connectivity index (χ3n) is 11.4. The standard InChI is InChI=1S/C55H47N/c1-37-11-9-15-43(33-37)39-17-25-47(26-18-39)56(48-27-19-40(20-28-48)44-16-10-12-38(2)34-44)49-29-21-41(22-30-49)45-23-31-50-52(35-45)53-36-46(55(3,4)5)24-32-51(53)54(50)42-13-7-6-8-14-42/h6-36,54H,1-5H3. The van der Waals surface area contributed by atoms with Crippen molar-refractivity contribution in [1.82, 2.24) is 0 Å². The zero-order chi connectivity index (χ0) is 38.4. The van der Waals surface area contributed by atoms with Crippen LogP contribution in [0, 0.1) is 13.8 Å². The summed E-state index contributed by atoms with van der Waals surface area (Å²) in [5, 5.41) is 0. The number of rotatable bonds is 7. The van der Waals surface area contributed by atoms with E-state index in [1.165, 1.54) is 77.9 Å². The molecule has 1 aliphatic rings. The first kappa shape index (κ1) is 35.3. The summed E-state index contributed by atoms with van der Waals surface area (Å²) in [6.07, 6.45) is 0. The van der Waals surface area contributed by atoms with E-state index in [2.05, 4.69) is 228 Å². The summed E-state index contributed by atoms with van der Waals surface area (Å²) in [6, 6.07) is 69.7. The van der Waals surface area contributed by atoms with Crippen LogP contribution in [-0.2, 0) is 5.41 Å². The average Bonchev–Trinajstić information content (AvgIpc) is 3.55. The lowest BCUT2D eigenvalue weighted by Crippen LogP contribution is -2.11. The Kier molecular flexibility index (Phi) is 9.02. The van der Waals surface area contributed by atoms with Gasteiger partial charge in [0.2, 0.25) is 0 Å². The molecule has 0 aromatic heterocycles. The van der Waals surface area contributed by atoms with Crippen LogP contribution in [0.15, 0.2) is 188 Å². The van der Waals surface area contributed by atoms with Crippen LogP contribution in [0.5, 0.6) is 0 Å². The predicted molar refractivity (Wildman–Crippen MR) is 238 cm³/mol. The number of nitrogens with zero attached hydrogens (tertiary/aromatic N) is 1. The fourth-order valence-corrected chi connectivity index (χ4v) is 8.41. The number of fused-ring (bicyclic) bond motifs is 3. The van der Waals surface area contributed by atoms with Gasteiger partial charge in [-0.05, 0) is 128 Å². The Bertz CT molecular complexity index is 2570. The zero-order valence-electron chi connectivity index (χ0n) is 32.9. The van der Waals surface area contributed by atoms with Gasteiger partial charge in [-0.3, -0.25) is 0 Å². The molecule has 9 rings (SSSR count). The normalized spacial score (nSPS) is 13.3. The van der Waals surface area contributed by atoms with Gasteiger partial charge in [-0.1, -0.05) is 177 Å². The Morgan fingerprint density at radius 1 is 0.375 bits per heavy atom. The Morgan fingerprint density at radius 3 is 1.27 bits per heavy atom. The van der Waals surface area contributed by atoms with Gasteiger partial charge in [0, 0.05) is 23.0 Å². The highest BCUT2D eigenvalue weighted by Crippen LogP contribution is 2.50. The molecular weight excluding hydrogens is 675 g/mol. The monoisotopic (exact) mass is 721 g/mol. The Labute approximate surface area is 332 Å². The second-order valence-electron chi connectivity index (χ2n) is 16.4. The minimum Gasteiger partial charge on any atom is -0.311 e.